The summed E-state index contributed by atoms with van der Waals surface area (Å²) in [6, 6.07) is 14.4. The number of unbranched alkanes of at least 4 members (excludes halogenated alkanes) is 1. The van der Waals surface area contributed by atoms with Crippen LogP contribution in [0.5, 0.6) is 5.75 Å². The molecular weight excluding hydrogens is 396 g/mol. The molecule has 146 valence electrons. The van der Waals surface area contributed by atoms with Crippen molar-refractivity contribution in [3.63, 3.8) is 0 Å². The van der Waals surface area contributed by atoms with Crippen LogP contribution in [0.4, 0.5) is 0 Å². The second kappa shape index (κ2) is 9.52. The number of amides is 1. The molecule has 0 aliphatic heterocycles. The topological polar surface area (TPSA) is 71.9 Å². The molecule has 0 spiro atoms. The predicted molar refractivity (Wildman–Crippen MR) is 112 cm³/mol. The minimum absolute atomic E-state index is 0.202. The molecule has 0 saturated heterocycles. The van der Waals surface area contributed by atoms with Crippen molar-refractivity contribution in [3.8, 4) is 11.4 Å². The Labute approximate surface area is 173 Å². The maximum Gasteiger partial charge on any atom is 0.251 e. The van der Waals surface area contributed by atoms with Gasteiger partial charge in [0.15, 0.2) is 10.6 Å². The first-order valence-corrected chi connectivity index (χ1v) is 9.80. The van der Waals surface area contributed by atoms with Gasteiger partial charge in [0.1, 0.15) is 5.75 Å². The molecular formula is C20H21ClN4O2S. The van der Waals surface area contributed by atoms with Crippen LogP contribution in [0.3, 0.4) is 0 Å². The summed E-state index contributed by atoms with van der Waals surface area (Å²) in [5.41, 5.74) is 1.33. The van der Waals surface area contributed by atoms with Gasteiger partial charge in [-0.3, -0.25) is 14.5 Å². The Kier molecular flexibility index (Phi) is 6.84. The van der Waals surface area contributed by atoms with Crippen molar-refractivity contribution in [1.29, 1.82) is 0 Å². The van der Waals surface area contributed by atoms with Crippen LogP contribution in [0, 0.1) is 4.77 Å². The van der Waals surface area contributed by atoms with Crippen LogP contribution in [-0.4, -0.2) is 27.3 Å². The Bertz CT molecular complexity index is 998. The van der Waals surface area contributed by atoms with Crippen molar-refractivity contribution in [1.82, 2.24) is 20.1 Å². The summed E-state index contributed by atoms with van der Waals surface area (Å²) in [4.78, 5) is 12.5. The zero-order chi connectivity index (χ0) is 19.9. The zero-order valence-corrected chi connectivity index (χ0v) is 17.0. The maximum atomic E-state index is 12.5. The van der Waals surface area contributed by atoms with Gasteiger partial charge >= 0.3 is 0 Å². The maximum absolute atomic E-state index is 12.5. The fourth-order valence-electron chi connectivity index (χ4n) is 2.63. The number of carbonyl (C=O) groups is 1. The lowest BCUT2D eigenvalue weighted by Crippen LogP contribution is -2.24. The van der Waals surface area contributed by atoms with Crippen LogP contribution < -0.4 is 10.1 Å². The number of hydrogen-bond acceptors (Lipinski definition) is 4. The Morgan fingerprint density at radius 3 is 2.79 bits per heavy atom. The molecule has 0 bridgehead atoms. The molecule has 3 rings (SSSR count). The van der Waals surface area contributed by atoms with Crippen LogP contribution >= 0.6 is 23.8 Å². The Morgan fingerprint density at radius 2 is 2.07 bits per heavy atom. The number of nitrogens with one attached hydrogen (secondary N) is 2. The van der Waals surface area contributed by atoms with Crippen LogP contribution in [0.2, 0.25) is 5.02 Å². The highest BCUT2D eigenvalue weighted by atomic mass is 35.5. The van der Waals surface area contributed by atoms with Gasteiger partial charge in [-0.15, -0.1) is 0 Å². The second-order valence-electron chi connectivity index (χ2n) is 6.17. The number of halogens is 1. The Hall–Kier alpha value is -2.64. The van der Waals surface area contributed by atoms with Crippen molar-refractivity contribution >= 4 is 29.7 Å². The zero-order valence-electron chi connectivity index (χ0n) is 15.4. The van der Waals surface area contributed by atoms with E-state index in [1.165, 1.54) is 0 Å². The van der Waals surface area contributed by atoms with E-state index in [0.717, 1.165) is 24.3 Å². The fourth-order valence-corrected chi connectivity index (χ4v) is 3.07. The molecule has 0 aliphatic carbocycles. The van der Waals surface area contributed by atoms with Crippen LogP contribution in [-0.2, 0) is 6.54 Å². The van der Waals surface area contributed by atoms with E-state index in [2.05, 4.69) is 22.4 Å². The van der Waals surface area contributed by atoms with Gasteiger partial charge in [0.2, 0.25) is 0 Å². The highest BCUT2D eigenvalue weighted by Crippen LogP contribution is 2.17. The normalized spacial score (nSPS) is 10.6. The molecule has 1 amide bonds. The monoisotopic (exact) mass is 416 g/mol. The number of benzene rings is 2. The number of ether oxygens (including phenoxy) is 1. The Balaban J connectivity index is 1.66. The highest BCUT2D eigenvalue weighted by Gasteiger charge is 2.11. The van der Waals surface area contributed by atoms with Gasteiger partial charge in [-0.1, -0.05) is 31.0 Å². The lowest BCUT2D eigenvalue weighted by molar-refractivity contribution is 0.0949. The lowest BCUT2D eigenvalue weighted by atomic mass is 10.2. The van der Waals surface area contributed by atoms with Crippen LogP contribution in [0.1, 0.15) is 35.9 Å². The molecule has 28 heavy (non-hydrogen) atoms. The van der Waals surface area contributed by atoms with Gasteiger partial charge in [0, 0.05) is 10.6 Å². The standard InChI is InChI=1S/C20H21ClN4O2S/c1-2-3-11-27-17-9-7-14(8-10-17)19(26)22-13-18-23-24-20(28)25(18)16-6-4-5-15(21)12-16/h4-10,12H,2-3,11,13H2,1H3,(H,22,26)(H,24,28). The van der Waals surface area contributed by atoms with E-state index in [1.54, 1.807) is 41.0 Å². The summed E-state index contributed by atoms with van der Waals surface area (Å²) < 4.78 is 7.79. The first kappa shape index (κ1) is 20.1. The third-order valence-corrected chi connectivity index (χ3v) is 4.61. The average molecular weight is 417 g/mol. The third-order valence-electron chi connectivity index (χ3n) is 4.10. The highest BCUT2D eigenvalue weighted by molar-refractivity contribution is 7.71. The molecule has 0 unspecified atom stereocenters. The number of H-pyrrole nitrogens is 1. The summed E-state index contributed by atoms with van der Waals surface area (Å²) in [6.07, 6.45) is 2.08. The molecule has 3 aromatic rings. The van der Waals surface area contributed by atoms with Gasteiger partial charge in [0.05, 0.1) is 18.8 Å². The predicted octanol–water partition coefficient (Wildman–Crippen LogP) is 4.69. The first-order valence-electron chi connectivity index (χ1n) is 9.02. The number of carbonyl (C=O) groups excluding carboxylic acids is 1. The van der Waals surface area contributed by atoms with Crippen LogP contribution in [0.15, 0.2) is 48.5 Å². The molecule has 0 saturated carbocycles. The second-order valence-corrected chi connectivity index (χ2v) is 6.99. The van der Waals surface area contributed by atoms with Crippen molar-refractivity contribution < 1.29 is 9.53 Å². The third kappa shape index (κ3) is 4.99. The lowest BCUT2D eigenvalue weighted by Gasteiger charge is -2.09. The van der Waals surface area contributed by atoms with Crippen LogP contribution in [0.25, 0.3) is 5.69 Å². The molecule has 0 fully saturated rings. The molecule has 2 N–H and O–H groups in total. The average Bonchev–Trinajstić information content (AvgIpc) is 3.07. The summed E-state index contributed by atoms with van der Waals surface area (Å²) >= 11 is 11.4. The molecule has 6 nitrogen and oxygen atoms in total. The van der Waals surface area contributed by atoms with Gasteiger partial charge in [-0.25, -0.2) is 0 Å². The molecule has 1 aromatic heterocycles. The van der Waals surface area contributed by atoms with E-state index >= 15 is 0 Å². The van der Waals surface area contributed by atoms with Crippen molar-refractivity contribution in [2.24, 2.45) is 0 Å². The summed E-state index contributed by atoms with van der Waals surface area (Å²) in [7, 11) is 0. The number of rotatable bonds is 8. The smallest absolute Gasteiger partial charge is 0.251 e. The van der Waals surface area contributed by atoms with Crippen molar-refractivity contribution in [2.45, 2.75) is 26.3 Å². The Morgan fingerprint density at radius 1 is 1.29 bits per heavy atom. The molecule has 8 heteroatoms. The van der Waals surface area contributed by atoms with Gasteiger partial charge < -0.3 is 10.1 Å². The van der Waals surface area contributed by atoms with Gasteiger partial charge in [-0.05, 0) is 61.1 Å². The van der Waals surface area contributed by atoms with E-state index in [0.29, 0.717) is 27.8 Å². The first-order chi connectivity index (χ1) is 13.6. The molecule has 2 aromatic carbocycles. The summed E-state index contributed by atoms with van der Waals surface area (Å²) in [5.74, 6) is 1.14. The number of aromatic amines is 1. The molecule has 0 radical (unpaired) electrons. The van der Waals surface area contributed by atoms with E-state index in [1.807, 2.05) is 12.1 Å². The minimum Gasteiger partial charge on any atom is -0.494 e. The number of hydrogen-bond donors (Lipinski definition) is 2. The van der Waals surface area contributed by atoms with E-state index in [-0.39, 0.29) is 12.5 Å². The van der Waals surface area contributed by atoms with E-state index in [4.69, 9.17) is 28.6 Å². The van der Waals surface area contributed by atoms with Gasteiger partial charge in [0.25, 0.3) is 5.91 Å². The molecule has 0 atom stereocenters. The van der Waals surface area contributed by atoms with Crippen molar-refractivity contribution in [3.05, 3.63) is 69.7 Å². The largest absolute Gasteiger partial charge is 0.494 e. The minimum atomic E-state index is -0.202. The molecule has 0 aliphatic rings. The number of nitrogens with zero attached hydrogens (tertiary/aromatic N) is 2. The summed E-state index contributed by atoms with van der Waals surface area (Å²) in [5, 5.41) is 10.4. The quantitative estimate of drug-likeness (QED) is 0.412. The number of aromatic nitrogens is 3. The van der Waals surface area contributed by atoms with E-state index in [9.17, 15) is 4.79 Å². The van der Waals surface area contributed by atoms with E-state index < -0.39 is 0 Å². The summed E-state index contributed by atoms with van der Waals surface area (Å²) in [6.45, 7) is 3.00. The van der Waals surface area contributed by atoms with Crippen molar-refractivity contribution in [2.75, 3.05) is 6.61 Å². The molecule has 1 heterocycles. The fraction of sp³-hybridized carbons (Fsp3) is 0.250. The van der Waals surface area contributed by atoms with Gasteiger partial charge in [-0.2, -0.15) is 5.10 Å². The SMILES string of the molecule is CCCCOc1ccc(C(=O)NCc2n[nH]c(=S)n2-c2cccc(Cl)c2)cc1.